The van der Waals surface area contributed by atoms with Gasteiger partial charge in [0.2, 0.25) is 0 Å². The molecule has 0 radical (unpaired) electrons. The highest BCUT2D eigenvalue weighted by atomic mass is 19.1. The number of benzene rings is 1. The van der Waals surface area contributed by atoms with Crippen molar-refractivity contribution in [1.82, 2.24) is 10.2 Å². The molecule has 2 amide bonds. The summed E-state index contributed by atoms with van der Waals surface area (Å²) in [5.41, 5.74) is 0.0106. The maximum absolute atomic E-state index is 13.4. The molecule has 2 atom stereocenters. The van der Waals surface area contributed by atoms with Crippen LogP contribution in [0.1, 0.15) is 6.42 Å². The van der Waals surface area contributed by atoms with Crippen LogP contribution >= 0.6 is 0 Å². The lowest BCUT2D eigenvalue weighted by Gasteiger charge is -2.18. The van der Waals surface area contributed by atoms with Crippen molar-refractivity contribution in [3.63, 3.8) is 0 Å². The summed E-state index contributed by atoms with van der Waals surface area (Å²) in [6.07, 6.45) is 1.07. The van der Waals surface area contributed by atoms with Crippen LogP contribution in [-0.4, -0.2) is 36.6 Å². The number of hydrogen-bond donors (Lipinski definition) is 2. The lowest BCUT2D eigenvalue weighted by Crippen LogP contribution is -2.36. The largest absolute Gasteiger partial charge is 0.323 e. The van der Waals surface area contributed by atoms with Crippen molar-refractivity contribution in [2.75, 3.05) is 25.0 Å². The number of urea groups is 1. The number of amides is 2. The zero-order valence-electron chi connectivity index (χ0n) is 10.3. The molecule has 19 heavy (non-hydrogen) atoms. The first-order chi connectivity index (χ1) is 9.13. The molecule has 1 aromatic carbocycles. The average molecular weight is 267 g/mol. The van der Waals surface area contributed by atoms with Crippen LogP contribution in [0.3, 0.4) is 0 Å². The summed E-state index contributed by atoms with van der Waals surface area (Å²) in [6, 6.07) is 3.14. The van der Waals surface area contributed by atoms with Gasteiger partial charge in [-0.2, -0.15) is 0 Å². The van der Waals surface area contributed by atoms with Gasteiger partial charge in [-0.3, -0.25) is 0 Å². The van der Waals surface area contributed by atoms with Crippen LogP contribution in [0.15, 0.2) is 18.2 Å². The summed E-state index contributed by atoms with van der Waals surface area (Å²) in [7, 11) is 0. The second-order valence-electron chi connectivity index (χ2n) is 5.07. The number of rotatable bonds is 1. The number of nitrogens with zero attached hydrogens (tertiary/aromatic N) is 1. The Labute approximate surface area is 109 Å². The molecule has 102 valence electrons. The van der Waals surface area contributed by atoms with E-state index in [1.807, 2.05) is 0 Å². The van der Waals surface area contributed by atoms with Crippen LogP contribution in [0.5, 0.6) is 0 Å². The van der Waals surface area contributed by atoms with Crippen molar-refractivity contribution < 1.29 is 13.6 Å². The van der Waals surface area contributed by atoms with E-state index in [2.05, 4.69) is 10.6 Å². The minimum Gasteiger partial charge on any atom is -0.323 e. The van der Waals surface area contributed by atoms with Crippen LogP contribution in [0.25, 0.3) is 0 Å². The first kappa shape index (κ1) is 12.3. The quantitative estimate of drug-likeness (QED) is 0.814. The van der Waals surface area contributed by atoms with Gasteiger partial charge in [0.25, 0.3) is 0 Å². The van der Waals surface area contributed by atoms with Gasteiger partial charge in [0, 0.05) is 25.2 Å². The lowest BCUT2D eigenvalue weighted by molar-refractivity contribution is 0.219. The summed E-state index contributed by atoms with van der Waals surface area (Å²) >= 11 is 0. The molecular formula is C13H15F2N3O. The Morgan fingerprint density at radius 2 is 2.21 bits per heavy atom. The topological polar surface area (TPSA) is 44.4 Å². The Morgan fingerprint density at radius 3 is 2.95 bits per heavy atom. The molecule has 0 spiro atoms. The summed E-state index contributed by atoms with van der Waals surface area (Å²) in [5, 5.41) is 5.83. The number of nitrogens with one attached hydrogen (secondary N) is 2. The normalized spacial score (nSPS) is 25.5. The number of likely N-dealkylation sites (tertiary alicyclic amines) is 1. The predicted molar refractivity (Wildman–Crippen MR) is 66.8 cm³/mol. The van der Waals surface area contributed by atoms with Gasteiger partial charge in [0.1, 0.15) is 11.6 Å². The molecule has 0 unspecified atom stereocenters. The molecular weight excluding hydrogens is 252 g/mol. The maximum atomic E-state index is 13.4. The monoisotopic (exact) mass is 267 g/mol. The smallest absolute Gasteiger partial charge is 0.321 e. The van der Waals surface area contributed by atoms with E-state index < -0.39 is 11.6 Å². The highest BCUT2D eigenvalue weighted by molar-refractivity contribution is 5.89. The van der Waals surface area contributed by atoms with Crippen LogP contribution in [0, 0.1) is 17.6 Å². The molecule has 0 bridgehead atoms. The fourth-order valence-electron chi connectivity index (χ4n) is 2.80. The van der Waals surface area contributed by atoms with Crippen molar-refractivity contribution in [2.24, 2.45) is 5.92 Å². The molecule has 0 saturated carbocycles. The Morgan fingerprint density at radius 1 is 1.37 bits per heavy atom. The van der Waals surface area contributed by atoms with Crippen molar-refractivity contribution in [1.29, 1.82) is 0 Å². The Kier molecular flexibility index (Phi) is 3.10. The van der Waals surface area contributed by atoms with Crippen molar-refractivity contribution in [3.8, 4) is 0 Å². The number of carbonyl (C=O) groups excluding carboxylic acids is 1. The zero-order chi connectivity index (χ0) is 13.4. The van der Waals surface area contributed by atoms with E-state index in [9.17, 15) is 13.6 Å². The van der Waals surface area contributed by atoms with Crippen molar-refractivity contribution in [3.05, 3.63) is 29.8 Å². The fourth-order valence-corrected chi connectivity index (χ4v) is 2.80. The molecule has 2 aliphatic rings. The zero-order valence-corrected chi connectivity index (χ0v) is 10.3. The van der Waals surface area contributed by atoms with Gasteiger partial charge in [-0.15, -0.1) is 0 Å². The summed E-state index contributed by atoms with van der Waals surface area (Å²) in [5.74, 6) is -0.926. The Hall–Kier alpha value is -1.69. The standard InChI is InChI=1S/C13H15F2N3O/c14-9-1-2-11(10(15)5-9)17-13(19)18-6-8-3-4-16-12(8)7-18/h1-2,5,8,12,16H,3-4,6-7H2,(H,17,19)/t8-,12+/m0/s1. The second kappa shape index (κ2) is 4.77. The minimum atomic E-state index is -0.758. The van der Waals surface area contributed by atoms with Gasteiger partial charge in [-0.05, 0) is 31.0 Å². The SMILES string of the molecule is O=C(Nc1ccc(F)cc1F)N1C[C@@H]2CCN[C@@H]2C1. The summed E-state index contributed by atoms with van der Waals surface area (Å²) < 4.78 is 26.2. The highest BCUT2D eigenvalue weighted by Crippen LogP contribution is 2.25. The third-order valence-electron chi connectivity index (χ3n) is 3.82. The number of halogens is 2. The van der Waals surface area contributed by atoms with E-state index in [1.165, 1.54) is 6.07 Å². The second-order valence-corrected chi connectivity index (χ2v) is 5.07. The predicted octanol–water partition coefficient (Wildman–Crippen LogP) is 1.79. The fraction of sp³-hybridized carbons (Fsp3) is 0.462. The molecule has 6 heteroatoms. The van der Waals surface area contributed by atoms with Crippen LogP contribution < -0.4 is 10.6 Å². The van der Waals surface area contributed by atoms with Gasteiger partial charge in [0.15, 0.2) is 0 Å². The number of hydrogen-bond acceptors (Lipinski definition) is 2. The molecule has 0 aromatic heterocycles. The molecule has 2 fully saturated rings. The molecule has 2 aliphatic heterocycles. The molecule has 1 aromatic rings. The maximum Gasteiger partial charge on any atom is 0.321 e. The van der Waals surface area contributed by atoms with Gasteiger partial charge in [-0.25, -0.2) is 13.6 Å². The first-order valence-corrected chi connectivity index (χ1v) is 6.38. The number of carbonyl (C=O) groups is 1. The van der Waals surface area contributed by atoms with E-state index in [0.717, 1.165) is 25.1 Å². The van der Waals surface area contributed by atoms with Gasteiger partial charge in [-0.1, -0.05) is 0 Å². The van der Waals surface area contributed by atoms with Crippen molar-refractivity contribution in [2.45, 2.75) is 12.5 Å². The van der Waals surface area contributed by atoms with E-state index in [0.29, 0.717) is 25.0 Å². The molecule has 2 saturated heterocycles. The number of anilines is 1. The van der Waals surface area contributed by atoms with Gasteiger partial charge >= 0.3 is 6.03 Å². The molecule has 3 rings (SSSR count). The first-order valence-electron chi connectivity index (χ1n) is 6.38. The van der Waals surface area contributed by atoms with E-state index in [1.54, 1.807) is 4.90 Å². The molecule has 4 nitrogen and oxygen atoms in total. The third kappa shape index (κ3) is 2.40. The Bertz CT molecular complexity index is 497. The van der Waals surface area contributed by atoms with Crippen LogP contribution in [0.2, 0.25) is 0 Å². The van der Waals surface area contributed by atoms with E-state index >= 15 is 0 Å². The molecule has 2 heterocycles. The molecule has 2 N–H and O–H groups in total. The Balaban J connectivity index is 1.65. The van der Waals surface area contributed by atoms with Crippen LogP contribution in [0.4, 0.5) is 19.3 Å². The lowest BCUT2D eigenvalue weighted by atomic mass is 10.1. The number of fused-ring (bicyclic) bond motifs is 1. The summed E-state index contributed by atoms with van der Waals surface area (Å²) in [4.78, 5) is 13.7. The molecule has 0 aliphatic carbocycles. The summed E-state index contributed by atoms with van der Waals surface area (Å²) in [6.45, 7) is 2.32. The highest BCUT2D eigenvalue weighted by Gasteiger charge is 2.37. The van der Waals surface area contributed by atoms with Crippen molar-refractivity contribution >= 4 is 11.7 Å². The average Bonchev–Trinajstić information content (AvgIpc) is 2.93. The minimum absolute atomic E-state index is 0.0106. The van der Waals surface area contributed by atoms with Gasteiger partial charge in [0.05, 0.1) is 5.69 Å². The van der Waals surface area contributed by atoms with E-state index in [-0.39, 0.29) is 11.7 Å². The van der Waals surface area contributed by atoms with E-state index in [4.69, 9.17) is 0 Å². The van der Waals surface area contributed by atoms with Gasteiger partial charge < -0.3 is 15.5 Å². The van der Waals surface area contributed by atoms with Crippen LogP contribution in [-0.2, 0) is 0 Å². The third-order valence-corrected chi connectivity index (χ3v) is 3.82.